The molecule has 0 spiro atoms. The van der Waals surface area contributed by atoms with Crippen LogP contribution >= 0.6 is 0 Å². The standard InChI is InChI=1S/C20H19F2N5O.C20H22F2N4O/c21-16-9-13(10-17(22)20(16)14-1-2-14)11-19(28)27-7-5-26(6-8-27)18-4-3-15(12-23)24-25-18;1-13-2-5-18(24-23-13)25-6-8-26(9-7-25)19(27)12-14-10-16(21)20(15-3-4-15)17(22)11-14/h3-4,9-10,14H,1-2,5-8,11H2;2,5,10-11,15H,3-4,6-9,12H2,1H3. The molecule has 4 aromatic rings. The fourth-order valence-electron chi connectivity index (χ4n) is 7.06. The molecule has 0 atom stereocenters. The van der Waals surface area contributed by atoms with Gasteiger partial charge >= 0.3 is 0 Å². The summed E-state index contributed by atoms with van der Waals surface area (Å²) in [7, 11) is 0. The third-order valence-electron chi connectivity index (χ3n) is 10.4. The van der Waals surface area contributed by atoms with Crippen LogP contribution in [0.1, 0.15) is 71.2 Å². The monoisotopic (exact) mass is 755 g/mol. The normalized spacial score (nSPS) is 17.0. The van der Waals surface area contributed by atoms with Crippen molar-refractivity contribution in [3.05, 3.63) is 105 Å². The number of carbonyl (C=O) groups excluding carboxylic acids is 2. The number of nitriles is 1. The van der Waals surface area contributed by atoms with Crippen LogP contribution in [0.25, 0.3) is 0 Å². The molecule has 0 bridgehead atoms. The summed E-state index contributed by atoms with van der Waals surface area (Å²) in [6, 6.07) is 14.3. The molecule has 4 fully saturated rings. The van der Waals surface area contributed by atoms with Crippen molar-refractivity contribution in [1.82, 2.24) is 30.2 Å². The van der Waals surface area contributed by atoms with Gasteiger partial charge in [0.2, 0.25) is 11.8 Å². The van der Waals surface area contributed by atoms with E-state index in [9.17, 15) is 27.2 Å². The highest BCUT2D eigenvalue weighted by molar-refractivity contribution is 5.79. The second-order valence-corrected chi connectivity index (χ2v) is 14.5. The van der Waals surface area contributed by atoms with Crippen LogP contribution in [0.3, 0.4) is 0 Å². The Morgan fingerprint density at radius 1 is 0.618 bits per heavy atom. The van der Waals surface area contributed by atoms with Crippen molar-refractivity contribution in [3.8, 4) is 6.07 Å². The van der Waals surface area contributed by atoms with E-state index in [0.717, 1.165) is 37.2 Å². The summed E-state index contributed by atoms with van der Waals surface area (Å²) in [5.74, 6) is -0.949. The number of aryl methyl sites for hydroxylation is 1. The first-order valence-electron chi connectivity index (χ1n) is 18.6. The molecule has 2 amide bonds. The summed E-state index contributed by atoms with van der Waals surface area (Å²) in [5, 5.41) is 24.9. The van der Waals surface area contributed by atoms with E-state index in [-0.39, 0.29) is 53.3 Å². The van der Waals surface area contributed by atoms with Crippen molar-refractivity contribution in [2.24, 2.45) is 0 Å². The Kier molecular flexibility index (Phi) is 11.2. The molecule has 8 rings (SSSR count). The lowest BCUT2D eigenvalue weighted by Crippen LogP contribution is -2.49. The van der Waals surface area contributed by atoms with Crippen molar-refractivity contribution in [3.63, 3.8) is 0 Å². The summed E-state index contributed by atoms with van der Waals surface area (Å²) < 4.78 is 56.7. The zero-order chi connectivity index (χ0) is 38.6. The number of benzene rings is 2. The van der Waals surface area contributed by atoms with E-state index in [1.807, 2.05) is 30.0 Å². The summed E-state index contributed by atoms with van der Waals surface area (Å²) in [4.78, 5) is 32.6. The Labute approximate surface area is 316 Å². The lowest BCUT2D eigenvalue weighted by molar-refractivity contribution is -0.131. The summed E-state index contributed by atoms with van der Waals surface area (Å²) in [6.45, 7) is 6.46. The summed E-state index contributed by atoms with van der Waals surface area (Å²) in [6.07, 6.45) is 3.31. The van der Waals surface area contributed by atoms with Crippen molar-refractivity contribution < 1.29 is 27.2 Å². The van der Waals surface area contributed by atoms with Gasteiger partial charge in [0, 0.05) is 63.5 Å². The van der Waals surface area contributed by atoms with Crippen molar-refractivity contribution in [2.45, 2.75) is 57.3 Å². The first kappa shape index (κ1) is 37.7. The second-order valence-electron chi connectivity index (χ2n) is 14.5. The molecule has 2 saturated carbocycles. The number of hydrogen-bond acceptors (Lipinski definition) is 9. The zero-order valence-corrected chi connectivity index (χ0v) is 30.5. The van der Waals surface area contributed by atoms with Crippen LogP contribution in [0.4, 0.5) is 29.2 Å². The number of nitrogens with zero attached hydrogens (tertiary/aromatic N) is 9. The number of halogens is 4. The molecule has 4 aliphatic rings. The maximum absolute atomic E-state index is 14.2. The molecular weight excluding hydrogens is 714 g/mol. The lowest BCUT2D eigenvalue weighted by Gasteiger charge is -2.35. The first-order chi connectivity index (χ1) is 26.6. The van der Waals surface area contributed by atoms with Crippen molar-refractivity contribution >= 4 is 23.5 Å². The van der Waals surface area contributed by atoms with Gasteiger partial charge in [0.15, 0.2) is 17.3 Å². The van der Waals surface area contributed by atoms with Crippen LogP contribution in [0.5, 0.6) is 0 Å². The molecule has 0 unspecified atom stereocenters. The van der Waals surface area contributed by atoms with Gasteiger partial charge in [-0.3, -0.25) is 9.59 Å². The third kappa shape index (κ3) is 9.18. The van der Waals surface area contributed by atoms with Crippen LogP contribution in [-0.4, -0.2) is 94.4 Å². The van der Waals surface area contributed by atoms with Gasteiger partial charge in [-0.2, -0.15) is 10.4 Å². The average molecular weight is 756 g/mol. The zero-order valence-electron chi connectivity index (χ0n) is 30.5. The van der Waals surface area contributed by atoms with Gasteiger partial charge in [0.05, 0.1) is 18.5 Å². The predicted octanol–water partition coefficient (Wildman–Crippen LogP) is 5.23. The fraction of sp³-hybridized carbons (Fsp3) is 0.425. The van der Waals surface area contributed by atoms with Crippen molar-refractivity contribution in [1.29, 1.82) is 5.26 Å². The molecule has 4 heterocycles. The van der Waals surface area contributed by atoms with E-state index >= 15 is 0 Å². The SMILES string of the molecule is Cc1ccc(N2CCN(C(=O)Cc3cc(F)c(C4CC4)c(F)c3)CC2)nn1.N#Cc1ccc(N2CCN(C(=O)Cc3cc(F)c(C4CC4)c(F)c3)CC2)nn1. The quantitative estimate of drug-likeness (QED) is 0.223. The average Bonchev–Trinajstić information content (AvgIpc) is 4.12. The topological polar surface area (TPSA) is 122 Å². The van der Waals surface area contributed by atoms with E-state index in [0.29, 0.717) is 69.3 Å². The van der Waals surface area contributed by atoms with Crippen LogP contribution in [-0.2, 0) is 22.4 Å². The Balaban J connectivity index is 0.000000169. The van der Waals surface area contributed by atoms with Crippen molar-refractivity contribution in [2.75, 3.05) is 62.2 Å². The minimum absolute atomic E-state index is 0.00713. The Bertz CT molecular complexity index is 2020. The van der Waals surface area contributed by atoms with Gasteiger partial charge in [0.1, 0.15) is 29.3 Å². The Hall–Kier alpha value is -5.65. The van der Waals surface area contributed by atoms with E-state index in [1.165, 1.54) is 24.3 Å². The minimum Gasteiger partial charge on any atom is -0.352 e. The molecular formula is C40H41F4N9O2. The molecule has 0 radical (unpaired) electrons. The number of piperazine rings is 2. The van der Waals surface area contributed by atoms with Crippen LogP contribution in [0.2, 0.25) is 0 Å². The number of amides is 2. The number of carbonyl (C=O) groups is 2. The summed E-state index contributed by atoms with van der Waals surface area (Å²) >= 11 is 0. The lowest BCUT2D eigenvalue weighted by atomic mass is 10.0. The molecule has 15 heteroatoms. The van der Waals surface area contributed by atoms with Gasteiger partial charge in [-0.1, -0.05) is 0 Å². The van der Waals surface area contributed by atoms with Gasteiger partial charge < -0.3 is 19.6 Å². The molecule has 2 saturated heterocycles. The molecule has 2 aromatic carbocycles. The first-order valence-corrected chi connectivity index (χ1v) is 18.6. The highest BCUT2D eigenvalue weighted by Gasteiger charge is 2.32. The van der Waals surface area contributed by atoms with Crippen LogP contribution in [0.15, 0.2) is 48.5 Å². The maximum Gasteiger partial charge on any atom is 0.227 e. The van der Waals surface area contributed by atoms with Gasteiger partial charge in [-0.25, -0.2) is 17.6 Å². The van der Waals surface area contributed by atoms with Gasteiger partial charge in [0.25, 0.3) is 0 Å². The minimum atomic E-state index is -0.547. The second kappa shape index (κ2) is 16.4. The molecule has 2 aliphatic heterocycles. The van der Waals surface area contributed by atoms with E-state index in [4.69, 9.17) is 5.26 Å². The number of rotatable bonds is 8. The number of aromatic nitrogens is 4. The van der Waals surface area contributed by atoms with E-state index in [1.54, 1.807) is 21.9 Å². The molecule has 55 heavy (non-hydrogen) atoms. The predicted molar refractivity (Wildman–Crippen MR) is 195 cm³/mol. The number of hydrogen-bond donors (Lipinski definition) is 0. The van der Waals surface area contributed by atoms with E-state index in [2.05, 4.69) is 25.3 Å². The van der Waals surface area contributed by atoms with E-state index < -0.39 is 23.3 Å². The van der Waals surface area contributed by atoms with Crippen LogP contribution in [0, 0.1) is 41.5 Å². The Morgan fingerprint density at radius 3 is 1.35 bits per heavy atom. The fourth-order valence-corrected chi connectivity index (χ4v) is 7.06. The smallest absolute Gasteiger partial charge is 0.227 e. The maximum atomic E-state index is 14.2. The highest BCUT2D eigenvalue weighted by atomic mass is 19.1. The number of anilines is 2. The third-order valence-corrected chi connectivity index (χ3v) is 10.4. The highest BCUT2D eigenvalue weighted by Crippen LogP contribution is 2.43. The van der Waals surface area contributed by atoms with Gasteiger partial charge in [-0.05, 0) is 104 Å². The Morgan fingerprint density at radius 2 is 1.02 bits per heavy atom. The van der Waals surface area contributed by atoms with Crippen LogP contribution < -0.4 is 9.80 Å². The summed E-state index contributed by atoms with van der Waals surface area (Å²) in [5.41, 5.74) is 2.22. The molecule has 2 aromatic heterocycles. The molecule has 0 N–H and O–H groups in total. The molecule has 11 nitrogen and oxygen atoms in total. The van der Waals surface area contributed by atoms with Gasteiger partial charge in [-0.15, -0.1) is 15.3 Å². The largest absolute Gasteiger partial charge is 0.352 e. The molecule has 286 valence electrons. The molecule has 2 aliphatic carbocycles.